The minimum atomic E-state index is -1.03. The topological polar surface area (TPSA) is 128 Å². The highest BCUT2D eigenvalue weighted by atomic mass is 16.4. The van der Waals surface area contributed by atoms with E-state index in [0.29, 0.717) is 19.4 Å². The Bertz CT molecular complexity index is 1240. The number of aryl methyl sites for hydroxylation is 1. The lowest BCUT2D eigenvalue weighted by atomic mass is 10.0. The minimum absolute atomic E-state index is 0.217. The van der Waals surface area contributed by atoms with Crippen molar-refractivity contribution in [2.45, 2.75) is 72.0 Å². The summed E-state index contributed by atoms with van der Waals surface area (Å²) in [6, 6.07) is 10.00. The molecule has 0 saturated carbocycles. The molecule has 1 fully saturated rings. The minimum Gasteiger partial charge on any atom is -0.480 e. The number of benzene rings is 2. The SMILES string of the molecule is CCc1ccc2ccc(/C=C/C(C)C(=O)NC(C(=O)NC(C)C(=O)N3CCCC(C(=O)O)N3)C(C)C)cc2c1. The number of hydrogen-bond donors (Lipinski definition) is 4. The number of rotatable bonds is 10. The normalized spacial score (nSPS) is 18.1. The number of amides is 3. The van der Waals surface area contributed by atoms with Crippen LogP contribution in [0, 0.1) is 11.8 Å². The van der Waals surface area contributed by atoms with E-state index >= 15 is 0 Å². The highest BCUT2D eigenvalue weighted by molar-refractivity contribution is 5.93. The second-order valence-electron chi connectivity index (χ2n) is 10.6. The number of carboxylic acid groups (broad SMARTS) is 1. The molecular formula is C30H40N4O5. The summed E-state index contributed by atoms with van der Waals surface area (Å²) >= 11 is 0. The fourth-order valence-corrected chi connectivity index (χ4v) is 4.52. The van der Waals surface area contributed by atoms with E-state index in [0.717, 1.165) is 22.8 Å². The first kappa shape index (κ1) is 29.8. The van der Waals surface area contributed by atoms with Crippen molar-refractivity contribution in [1.29, 1.82) is 0 Å². The molecule has 9 nitrogen and oxygen atoms in total. The van der Waals surface area contributed by atoms with Gasteiger partial charge in [0.05, 0.1) is 5.92 Å². The maximum Gasteiger partial charge on any atom is 0.322 e. The van der Waals surface area contributed by atoms with Gasteiger partial charge in [0.25, 0.3) is 5.91 Å². The van der Waals surface area contributed by atoms with Gasteiger partial charge in [0.2, 0.25) is 11.8 Å². The van der Waals surface area contributed by atoms with Gasteiger partial charge in [0.15, 0.2) is 0 Å². The zero-order valence-corrected chi connectivity index (χ0v) is 23.4. The van der Waals surface area contributed by atoms with Crippen molar-refractivity contribution >= 4 is 40.5 Å². The van der Waals surface area contributed by atoms with Gasteiger partial charge >= 0.3 is 5.97 Å². The van der Waals surface area contributed by atoms with Crippen LogP contribution in [0.15, 0.2) is 42.5 Å². The second-order valence-corrected chi connectivity index (χ2v) is 10.6. The van der Waals surface area contributed by atoms with Crippen LogP contribution < -0.4 is 16.1 Å². The number of hydrazine groups is 1. The summed E-state index contributed by atoms with van der Waals surface area (Å²) in [4.78, 5) is 50.1. The summed E-state index contributed by atoms with van der Waals surface area (Å²) in [6.45, 7) is 9.43. The van der Waals surface area contributed by atoms with Crippen molar-refractivity contribution in [3.63, 3.8) is 0 Å². The summed E-state index contributed by atoms with van der Waals surface area (Å²) < 4.78 is 0. The molecule has 1 heterocycles. The predicted octanol–water partition coefficient (Wildman–Crippen LogP) is 3.28. The zero-order chi connectivity index (χ0) is 28.7. The molecular weight excluding hydrogens is 496 g/mol. The third-order valence-electron chi connectivity index (χ3n) is 7.05. The summed E-state index contributed by atoms with van der Waals surface area (Å²) in [7, 11) is 0. The molecule has 0 bridgehead atoms. The van der Waals surface area contributed by atoms with Crippen molar-refractivity contribution < 1.29 is 24.3 Å². The van der Waals surface area contributed by atoms with E-state index < -0.39 is 41.8 Å². The van der Waals surface area contributed by atoms with Gasteiger partial charge in [-0.3, -0.25) is 24.2 Å². The molecule has 1 aliphatic heterocycles. The number of carbonyl (C=O) groups is 4. The molecule has 4 atom stereocenters. The van der Waals surface area contributed by atoms with Gasteiger partial charge < -0.3 is 15.7 Å². The predicted molar refractivity (Wildman–Crippen MR) is 151 cm³/mol. The molecule has 2 aromatic carbocycles. The van der Waals surface area contributed by atoms with Gasteiger partial charge in [0.1, 0.15) is 18.1 Å². The largest absolute Gasteiger partial charge is 0.480 e. The summed E-state index contributed by atoms with van der Waals surface area (Å²) in [5.41, 5.74) is 4.95. The summed E-state index contributed by atoms with van der Waals surface area (Å²) in [5, 5.41) is 18.3. The monoisotopic (exact) mass is 536 g/mol. The van der Waals surface area contributed by atoms with Crippen LogP contribution in [0.1, 0.15) is 58.6 Å². The van der Waals surface area contributed by atoms with Gasteiger partial charge in [-0.05, 0) is 60.1 Å². The van der Waals surface area contributed by atoms with Crippen molar-refractivity contribution in [3.8, 4) is 0 Å². The number of nitrogens with zero attached hydrogens (tertiary/aromatic N) is 1. The molecule has 4 unspecified atom stereocenters. The van der Waals surface area contributed by atoms with E-state index in [1.807, 2.05) is 32.1 Å². The van der Waals surface area contributed by atoms with E-state index in [1.54, 1.807) is 13.8 Å². The number of aliphatic carboxylic acids is 1. The number of carboxylic acids is 1. The van der Waals surface area contributed by atoms with Gasteiger partial charge in [-0.25, -0.2) is 5.43 Å². The van der Waals surface area contributed by atoms with Crippen LogP contribution >= 0.6 is 0 Å². The number of hydrogen-bond acceptors (Lipinski definition) is 5. The summed E-state index contributed by atoms with van der Waals surface area (Å²) in [5.74, 6) is -2.92. The Labute approximate surface area is 230 Å². The maximum atomic E-state index is 13.0. The smallest absolute Gasteiger partial charge is 0.322 e. The van der Waals surface area contributed by atoms with Crippen LogP contribution in [0.4, 0.5) is 0 Å². The average Bonchev–Trinajstić information content (AvgIpc) is 2.93. The zero-order valence-electron chi connectivity index (χ0n) is 23.4. The quantitative estimate of drug-likeness (QED) is 0.369. The molecule has 1 saturated heterocycles. The molecule has 39 heavy (non-hydrogen) atoms. The van der Waals surface area contributed by atoms with Crippen LogP contribution in [0.2, 0.25) is 0 Å². The molecule has 3 rings (SSSR count). The van der Waals surface area contributed by atoms with Crippen LogP contribution in [-0.2, 0) is 25.6 Å². The molecule has 4 N–H and O–H groups in total. The fourth-order valence-electron chi connectivity index (χ4n) is 4.52. The second kappa shape index (κ2) is 13.4. The molecule has 0 radical (unpaired) electrons. The lowest BCUT2D eigenvalue weighted by Crippen LogP contribution is -2.60. The Kier molecular flexibility index (Phi) is 10.2. The Morgan fingerprint density at radius 3 is 2.41 bits per heavy atom. The van der Waals surface area contributed by atoms with Crippen LogP contribution in [0.25, 0.3) is 16.8 Å². The van der Waals surface area contributed by atoms with E-state index in [2.05, 4.69) is 53.3 Å². The molecule has 210 valence electrons. The van der Waals surface area contributed by atoms with Crippen molar-refractivity contribution in [2.75, 3.05) is 6.54 Å². The Morgan fingerprint density at radius 1 is 1.03 bits per heavy atom. The molecule has 0 aromatic heterocycles. The molecule has 9 heteroatoms. The highest BCUT2D eigenvalue weighted by Gasteiger charge is 2.32. The van der Waals surface area contributed by atoms with E-state index in [1.165, 1.54) is 10.6 Å². The molecule has 2 aromatic rings. The Morgan fingerprint density at radius 2 is 1.74 bits per heavy atom. The standard InChI is InChI=1S/C30H40N4O5/c1-6-21-11-13-23-14-12-22(17-24(23)16-21)10-9-19(4)27(35)32-26(18(2)3)28(36)31-20(5)29(37)34-15-7-8-25(33-34)30(38)39/h9-14,16-20,25-26,33H,6-8,15H2,1-5H3,(H,31,36)(H,32,35)(H,38,39)/b10-9+. The van der Waals surface area contributed by atoms with Crippen molar-refractivity contribution in [2.24, 2.45) is 11.8 Å². The first-order chi connectivity index (χ1) is 18.5. The Hall–Kier alpha value is -3.72. The molecule has 1 aliphatic rings. The number of carbonyl (C=O) groups excluding carboxylic acids is 3. The van der Waals surface area contributed by atoms with Gasteiger partial charge in [-0.1, -0.05) is 70.2 Å². The van der Waals surface area contributed by atoms with Gasteiger partial charge in [-0.2, -0.15) is 0 Å². The summed E-state index contributed by atoms with van der Waals surface area (Å²) in [6.07, 6.45) is 5.65. The lowest BCUT2D eigenvalue weighted by Gasteiger charge is -2.34. The van der Waals surface area contributed by atoms with E-state index in [9.17, 15) is 24.3 Å². The number of nitrogens with one attached hydrogen (secondary N) is 3. The first-order valence-corrected chi connectivity index (χ1v) is 13.6. The van der Waals surface area contributed by atoms with Crippen LogP contribution in [-0.4, -0.2) is 58.5 Å². The maximum absolute atomic E-state index is 13.0. The third kappa shape index (κ3) is 7.89. The molecule has 3 amide bonds. The van der Waals surface area contributed by atoms with Crippen molar-refractivity contribution in [3.05, 3.63) is 53.6 Å². The van der Waals surface area contributed by atoms with E-state index in [4.69, 9.17) is 0 Å². The highest BCUT2D eigenvalue weighted by Crippen LogP contribution is 2.20. The third-order valence-corrected chi connectivity index (χ3v) is 7.05. The van der Waals surface area contributed by atoms with Crippen molar-refractivity contribution in [1.82, 2.24) is 21.1 Å². The van der Waals surface area contributed by atoms with Crippen LogP contribution in [0.3, 0.4) is 0 Å². The first-order valence-electron chi connectivity index (χ1n) is 13.6. The van der Waals surface area contributed by atoms with Gasteiger partial charge in [-0.15, -0.1) is 0 Å². The average molecular weight is 537 g/mol. The van der Waals surface area contributed by atoms with Gasteiger partial charge in [0, 0.05) is 6.54 Å². The van der Waals surface area contributed by atoms with Crippen LogP contribution in [0.5, 0.6) is 0 Å². The Balaban J connectivity index is 1.60. The van der Waals surface area contributed by atoms with E-state index in [-0.39, 0.29) is 11.8 Å². The molecule has 0 spiro atoms. The molecule has 0 aliphatic carbocycles. The lowest BCUT2D eigenvalue weighted by molar-refractivity contribution is -0.148. The fraction of sp³-hybridized carbons (Fsp3) is 0.467. The number of fused-ring (bicyclic) bond motifs is 1.